The van der Waals surface area contributed by atoms with Gasteiger partial charge in [-0.15, -0.1) is 6.58 Å². The van der Waals surface area contributed by atoms with E-state index in [-0.39, 0.29) is 17.7 Å². The minimum absolute atomic E-state index is 0.0924. The van der Waals surface area contributed by atoms with E-state index in [9.17, 15) is 24.5 Å². The highest BCUT2D eigenvalue weighted by atomic mass is 16.6. The second kappa shape index (κ2) is 10.0. The number of carbonyl (C=O) groups excluding carboxylic acids is 3. The number of nitro benzene ring substituents is 1. The number of hydrogen-bond acceptors (Lipinski definition) is 7. The molecule has 2 amide bonds. The molecule has 0 saturated heterocycles. The summed E-state index contributed by atoms with van der Waals surface area (Å²) in [4.78, 5) is 45.7. The number of alkyl carbamates (subject to hydrolysis) is 1. The Balaban J connectivity index is 3.02. The van der Waals surface area contributed by atoms with Crippen molar-refractivity contribution in [1.29, 1.82) is 0 Å². The van der Waals surface area contributed by atoms with E-state index in [0.717, 1.165) is 12.1 Å². The number of ether oxygens (including phenoxy) is 2. The quantitative estimate of drug-likeness (QED) is 0.292. The molecule has 0 bridgehead atoms. The normalized spacial score (nSPS) is 12.1. The van der Waals surface area contributed by atoms with E-state index in [1.54, 1.807) is 20.8 Å². The third-order valence-corrected chi connectivity index (χ3v) is 3.28. The number of rotatable bonds is 8. The molecule has 0 aromatic heterocycles. The molecule has 1 unspecified atom stereocenters. The molecule has 0 heterocycles. The van der Waals surface area contributed by atoms with Crippen LogP contribution in [0.2, 0.25) is 0 Å². The Morgan fingerprint density at radius 3 is 2.52 bits per heavy atom. The van der Waals surface area contributed by atoms with Gasteiger partial charge in [0.05, 0.1) is 22.6 Å². The van der Waals surface area contributed by atoms with E-state index in [0.29, 0.717) is 0 Å². The second-order valence-corrected chi connectivity index (χ2v) is 6.86. The fraction of sp³-hybridized carbons (Fsp3) is 0.316. The number of primary amides is 1. The molecular weight excluding hydrogens is 382 g/mol. The van der Waals surface area contributed by atoms with Crippen LogP contribution >= 0.6 is 0 Å². The van der Waals surface area contributed by atoms with Gasteiger partial charge in [-0.05, 0) is 51.5 Å². The van der Waals surface area contributed by atoms with Crippen LogP contribution in [0.4, 0.5) is 15.3 Å². The minimum atomic E-state index is -1.11. The van der Waals surface area contributed by atoms with Crippen molar-refractivity contribution in [2.24, 2.45) is 5.73 Å². The number of nitrogens with two attached hydrogens (primary N) is 1. The Kier molecular flexibility index (Phi) is 8.07. The van der Waals surface area contributed by atoms with Gasteiger partial charge in [-0.25, -0.2) is 9.59 Å². The number of nitrogens with zero attached hydrogens (tertiary/aromatic N) is 1. The fourth-order valence-electron chi connectivity index (χ4n) is 2.15. The van der Waals surface area contributed by atoms with Gasteiger partial charge >= 0.3 is 12.2 Å². The molecule has 10 heteroatoms. The first kappa shape index (κ1) is 23.3. The summed E-state index contributed by atoms with van der Waals surface area (Å²) >= 11 is 0. The van der Waals surface area contributed by atoms with Crippen molar-refractivity contribution >= 4 is 29.7 Å². The zero-order valence-corrected chi connectivity index (χ0v) is 16.3. The molecule has 156 valence electrons. The molecule has 0 aliphatic carbocycles. The number of nitro groups is 1. The summed E-state index contributed by atoms with van der Waals surface area (Å²) in [5.41, 5.74) is 3.84. The van der Waals surface area contributed by atoms with Crippen LogP contribution in [0.15, 0.2) is 36.9 Å². The Morgan fingerprint density at radius 2 is 2.00 bits per heavy atom. The zero-order chi connectivity index (χ0) is 22.2. The first-order valence-electron chi connectivity index (χ1n) is 8.51. The van der Waals surface area contributed by atoms with Gasteiger partial charge in [0.1, 0.15) is 11.4 Å². The number of ketones is 1. The van der Waals surface area contributed by atoms with Crippen LogP contribution < -0.4 is 15.8 Å². The highest BCUT2D eigenvalue weighted by Gasteiger charge is 2.22. The van der Waals surface area contributed by atoms with Crippen molar-refractivity contribution in [2.45, 2.75) is 38.8 Å². The van der Waals surface area contributed by atoms with Crippen molar-refractivity contribution in [3.05, 3.63) is 52.6 Å². The summed E-state index contributed by atoms with van der Waals surface area (Å²) in [6.07, 6.45) is 2.02. The highest BCUT2D eigenvalue weighted by Crippen LogP contribution is 2.26. The Bertz CT molecular complexity index is 841. The lowest BCUT2D eigenvalue weighted by Gasteiger charge is -2.22. The molecule has 0 aliphatic heterocycles. The minimum Gasteiger partial charge on any atom is -0.444 e. The predicted molar refractivity (Wildman–Crippen MR) is 105 cm³/mol. The van der Waals surface area contributed by atoms with Crippen LogP contribution in [0.1, 0.15) is 32.8 Å². The maximum absolute atomic E-state index is 12.4. The third-order valence-electron chi connectivity index (χ3n) is 3.28. The van der Waals surface area contributed by atoms with Crippen LogP contribution in [-0.2, 0) is 9.53 Å². The number of hydrogen-bond donors (Lipinski definition) is 2. The summed E-state index contributed by atoms with van der Waals surface area (Å²) in [7, 11) is 0. The summed E-state index contributed by atoms with van der Waals surface area (Å²) in [6, 6.07) is 2.65. The first-order chi connectivity index (χ1) is 13.4. The van der Waals surface area contributed by atoms with Crippen LogP contribution in [0.25, 0.3) is 6.08 Å². The average molecular weight is 405 g/mol. The van der Waals surface area contributed by atoms with Crippen molar-refractivity contribution in [3.8, 4) is 5.75 Å². The molecule has 0 saturated carbocycles. The van der Waals surface area contributed by atoms with E-state index in [1.165, 1.54) is 24.3 Å². The molecule has 1 aromatic carbocycles. The Hall–Kier alpha value is -3.69. The monoisotopic (exact) mass is 405 g/mol. The van der Waals surface area contributed by atoms with Gasteiger partial charge in [-0.1, -0.05) is 6.08 Å². The van der Waals surface area contributed by atoms with E-state index < -0.39 is 40.2 Å². The maximum Gasteiger partial charge on any atom is 0.409 e. The van der Waals surface area contributed by atoms with Crippen molar-refractivity contribution in [3.63, 3.8) is 0 Å². The smallest absolute Gasteiger partial charge is 0.409 e. The second-order valence-electron chi connectivity index (χ2n) is 6.86. The number of benzene rings is 1. The summed E-state index contributed by atoms with van der Waals surface area (Å²) in [6.45, 7) is 8.59. The first-order valence-corrected chi connectivity index (χ1v) is 8.51. The molecule has 1 rings (SSSR count). The van der Waals surface area contributed by atoms with Crippen LogP contribution in [0.5, 0.6) is 5.75 Å². The lowest BCUT2D eigenvalue weighted by molar-refractivity contribution is -0.385. The standard InChI is InChI=1S/C19H23N3O7/c1-5-6-14(21-18(25)29-19(2,3)4)16(23)10-8-12-7-9-13(28-17(20)24)11-15(12)22(26)27/h5,7-11,14H,1,6H2,2-4H3,(H2,20,24)(H,21,25)/b10-8+. The summed E-state index contributed by atoms with van der Waals surface area (Å²) < 4.78 is 9.73. The van der Waals surface area contributed by atoms with Crippen molar-refractivity contribution < 1.29 is 28.8 Å². The molecule has 1 atom stereocenters. The molecule has 29 heavy (non-hydrogen) atoms. The number of amides is 2. The number of carbonyl (C=O) groups is 3. The van der Waals surface area contributed by atoms with Gasteiger partial charge in [-0.2, -0.15) is 0 Å². The van der Waals surface area contributed by atoms with Crippen molar-refractivity contribution in [2.75, 3.05) is 0 Å². The van der Waals surface area contributed by atoms with Gasteiger partial charge in [0.2, 0.25) is 0 Å². The molecule has 0 radical (unpaired) electrons. The molecule has 1 aromatic rings. The molecule has 0 fully saturated rings. The lowest BCUT2D eigenvalue weighted by atomic mass is 10.1. The molecule has 10 nitrogen and oxygen atoms in total. The molecule has 0 spiro atoms. The average Bonchev–Trinajstić information content (AvgIpc) is 2.57. The summed E-state index contributed by atoms with van der Waals surface area (Å²) in [5, 5.41) is 13.7. The van der Waals surface area contributed by atoms with Gasteiger partial charge in [-0.3, -0.25) is 14.9 Å². The van der Waals surface area contributed by atoms with Crippen LogP contribution in [-0.4, -0.2) is 34.5 Å². The predicted octanol–water partition coefficient (Wildman–Crippen LogP) is 3.10. The number of nitrogens with one attached hydrogen (secondary N) is 1. The van der Waals surface area contributed by atoms with E-state index in [1.807, 2.05) is 0 Å². The fourth-order valence-corrected chi connectivity index (χ4v) is 2.15. The van der Waals surface area contributed by atoms with Crippen LogP contribution in [0, 0.1) is 10.1 Å². The van der Waals surface area contributed by atoms with Gasteiger partial charge in [0.15, 0.2) is 5.78 Å². The summed E-state index contributed by atoms with van der Waals surface area (Å²) in [5.74, 6) is -0.619. The Labute approximate surface area is 167 Å². The molecular formula is C19H23N3O7. The highest BCUT2D eigenvalue weighted by molar-refractivity contribution is 5.99. The third kappa shape index (κ3) is 8.24. The van der Waals surface area contributed by atoms with E-state index >= 15 is 0 Å². The Morgan fingerprint density at radius 1 is 1.34 bits per heavy atom. The van der Waals surface area contributed by atoms with Gasteiger partial charge in [0, 0.05) is 0 Å². The topological polar surface area (TPSA) is 151 Å². The SMILES string of the molecule is C=CCC(NC(=O)OC(C)(C)C)C(=O)/C=C/c1ccc(OC(N)=O)cc1[N+](=O)[O-]. The van der Waals surface area contributed by atoms with Gasteiger partial charge < -0.3 is 20.5 Å². The molecule has 3 N–H and O–H groups in total. The van der Waals surface area contributed by atoms with Crippen molar-refractivity contribution in [1.82, 2.24) is 5.32 Å². The largest absolute Gasteiger partial charge is 0.444 e. The zero-order valence-electron chi connectivity index (χ0n) is 16.3. The lowest BCUT2D eigenvalue weighted by Crippen LogP contribution is -2.42. The molecule has 0 aliphatic rings. The van der Waals surface area contributed by atoms with E-state index in [4.69, 9.17) is 10.5 Å². The van der Waals surface area contributed by atoms with Crippen LogP contribution in [0.3, 0.4) is 0 Å². The van der Waals surface area contributed by atoms with Gasteiger partial charge in [0.25, 0.3) is 5.69 Å². The maximum atomic E-state index is 12.4. The van der Waals surface area contributed by atoms with E-state index in [2.05, 4.69) is 16.6 Å².